The first-order valence-electron chi connectivity index (χ1n) is 5.98. The number of aromatic amines is 1. The maximum absolute atomic E-state index is 11.6. The number of rotatable bonds is 0. The number of carbonyl (C=O) groups is 1. The van der Waals surface area contributed by atoms with Gasteiger partial charge in [-0.05, 0) is 18.1 Å². The molecule has 0 spiro atoms. The molecule has 0 radical (unpaired) electrons. The fraction of sp³-hybridized carbons (Fsp3) is 0.308. The van der Waals surface area contributed by atoms with Gasteiger partial charge in [-0.3, -0.25) is 0 Å². The molecule has 2 amide bonds. The van der Waals surface area contributed by atoms with Crippen LogP contribution in [-0.4, -0.2) is 29.0 Å². The van der Waals surface area contributed by atoms with E-state index in [1.165, 1.54) is 22.2 Å². The van der Waals surface area contributed by atoms with E-state index in [-0.39, 0.29) is 12.1 Å². The Morgan fingerprint density at radius 3 is 3.12 bits per heavy atom. The summed E-state index contributed by atoms with van der Waals surface area (Å²) in [5.74, 6) is 0. The normalized spacial score (nSPS) is 22.5. The molecule has 1 unspecified atom stereocenters. The molecule has 1 saturated heterocycles. The second kappa shape index (κ2) is 3.03. The molecule has 1 aromatic heterocycles. The van der Waals surface area contributed by atoms with Crippen molar-refractivity contribution >= 4 is 16.9 Å². The van der Waals surface area contributed by atoms with Crippen molar-refractivity contribution in [3.05, 3.63) is 35.5 Å². The summed E-state index contributed by atoms with van der Waals surface area (Å²) >= 11 is 0. The van der Waals surface area contributed by atoms with E-state index in [9.17, 15) is 4.79 Å². The average Bonchev–Trinajstić information content (AvgIpc) is 2.90. The number of carbonyl (C=O) groups excluding carboxylic acids is 1. The molecule has 1 aromatic carbocycles. The lowest BCUT2D eigenvalue weighted by Crippen LogP contribution is -2.35. The van der Waals surface area contributed by atoms with Crippen LogP contribution in [0.5, 0.6) is 0 Å². The number of aromatic nitrogens is 1. The number of nitrogens with zero attached hydrogens (tertiary/aromatic N) is 1. The molecule has 86 valence electrons. The van der Waals surface area contributed by atoms with Gasteiger partial charge >= 0.3 is 6.03 Å². The third-order valence-electron chi connectivity index (χ3n) is 3.87. The number of para-hydroxylation sites is 1. The fourth-order valence-electron chi connectivity index (χ4n) is 3.06. The maximum atomic E-state index is 11.6. The number of H-pyrrole nitrogens is 1. The third-order valence-corrected chi connectivity index (χ3v) is 3.87. The Bertz CT molecular complexity index is 616. The second-order valence-corrected chi connectivity index (χ2v) is 4.71. The van der Waals surface area contributed by atoms with Crippen molar-refractivity contribution in [3.63, 3.8) is 0 Å². The van der Waals surface area contributed by atoms with Crippen molar-refractivity contribution in [2.24, 2.45) is 0 Å². The van der Waals surface area contributed by atoms with E-state index in [0.717, 1.165) is 19.5 Å². The van der Waals surface area contributed by atoms with Gasteiger partial charge in [0, 0.05) is 29.7 Å². The molecule has 2 aliphatic rings. The van der Waals surface area contributed by atoms with Gasteiger partial charge in [-0.2, -0.15) is 0 Å². The molecule has 0 aliphatic carbocycles. The quantitative estimate of drug-likeness (QED) is 0.708. The molecule has 0 bridgehead atoms. The number of hydrogen-bond acceptors (Lipinski definition) is 1. The Hall–Kier alpha value is -1.97. The Morgan fingerprint density at radius 2 is 2.18 bits per heavy atom. The summed E-state index contributed by atoms with van der Waals surface area (Å²) in [6, 6.07) is 8.63. The number of fused-ring (bicyclic) bond motifs is 5. The predicted molar refractivity (Wildman–Crippen MR) is 64.8 cm³/mol. The lowest BCUT2D eigenvalue weighted by atomic mass is 9.99. The summed E-state index contributed by atoms with van der Waals surface area (Å²) in [6.07, 6.45) is 0.948. The van der Waals surface area contributed by atoms with Crippen LogP contribution in [0, 0.1) is 0 Å². The molecular formula is C13H13N3O. The molecular weight excluding hydrogens is 214 g/mol. The van der Waals surface area contributed by atoms with Crippen LogP contribution in [0.1, 0.15) is 17.3 Å². The minimum Gasteiger partial charge on any atom is -0.356 e. The summed E-state index contributed by atoms with van der Waals surface area (Å²) < 4.78 is 0. The van der Waals surface area contributed by atoms with E-state index in [2.05, 4.69) is 28.5 Å². The topological polar surface area (TPSA) is 48.1 Å². The summed E-state index contributed by atoms with van der Waals surface area (Å²) in [7, 11) is 0. The van der Waals surface area contributed by atoms with Crippen LogP contribution in [-0.2, 0) is 6.42 Å². The van der Waals surface area contributed by atoms with Gasteiger partial charge in [-0.15, -0.1) is 0 Å². The smallest absolute Gasteiger partial charge is 0.318 e. The molecule has 2 aromatic rings. The highest BCUT2D eigenvalue weighted by Gasteiger charge is 2.37. The summed E-state index contributed by atoms with van der Waals surface area (Å²) in [5.41, 5.74) is 3.79. The van der Waals surface area contributed by atoms with Crippen LogP contribution in [0.3, 0.4) is 0 Å². The van der Waals surface area contributed by atoms with Gasteiger partial charge in [-0.1, -0.05) is 18.2 Å². The number of benzene rings is 1. The number of amides is 2. The lowest BCUT2D eigenvalue weighted by Gasteiger charge is -2.28. The number of urea groups is 1. The monoisotopic (exact) mass is 227 g/mol. The van der Waals surface area contributed by atoms with Crippen molar-refractivity contribution in [3.8, 4) is 0 Å². The van der Waals surface area contributed by atoms with Crippen LogP contribution >= 0.6 is 0 Å². The Balaban J connectivity index is 1.94. The van der Waals surface area contributed by atoms with Gasteiger partial charge in [-0.25, -0.2) is 4.79 Å². The van der Waals surface area contributed by atoms with E-state index in [1.807, 2.05) is 11.0 Å². The third kappa shape index (κ3) is 1.10. The zero-order valence-electron chi connectivity index (χ0n) is 9.36. The summed E-state index contributed by atoms with van der Waals surface area (Å²) in [6.45, 7) is 1.55. The minimum atomic E-state index is 0.0688. The first-order chi connectivity index (χ1) is 8.34. The first-order valence-corrected chi connectivity index (χ1v) is 5.98. The van der Waals surface area contributed by atoms with Gasteiger partial charge in [0.05, 0.1) is 6.04 Å². The zero-order valence-corrected chi connectivity index (χ0v) is 9.36. The number of hydrogen-bond donors (Lipinski definition) is 2. The van der Waals surface area contributed by atoms with Gasteiger partial charge in [0.1, 0.15) is 0 Å². The van der Waals surface area contributed by atoms with Crippen LogP contribution in [0.15, 0.2) is 24.3 Å². The van der Waals surface area contributed by atoms with Crippen molar-refractivity contribution < 1.29 is 4.79 Å². The standard InChI is InChI=1S/C13H13N3O/c17-13-14-7-11-12-9(5-6-16(11)13)8-3-1-2-4-10(8)15-12/h1-4,11,15H,5-7H2,(H,14,17). The highest BCUT2D eigenvalue weighted by Crippen LogP contribution is 2.35. The molecule has 4 rings (SSSR count). The van der Waals surface area contributed by atoms with Crippen LogP contribution in [0.25, 0.3) is 10.9 Å². The zero-order chi connectivity index (χ0) is 11.4. The van der Waals surface area contributed by atoms with E-state index < -0.39 is 0 Å². The lowest BCUT2D eigenvalue weighted by molar-refractivity contribution is 0.200. The first kappa shape index (κ1) is 9.10. The van der Waals surface area contributed by atoms with Crippen LogP contribution < -0.4 is 5.32 Å². The maximum Gasteiger partial charge on any atom is 0.318 e. The van der Waals surface area contributed by atoms with E-state index >= 15 is 0 Å². The molecule has 1 fully saturated rings. The molecule has 3 heterocycles. The average molecular weight is 227 g/mol. The SMILES string of the molecule is O=C1NCC2c3[nH]c4ccccc4c3CCN12. The Morgan fingerprint density at radius 1 is 1.29 bits per heavy atom. The van der Waals surface area contributed by atoms with Crippen LogP contribution in [0.4, 0.5) is 4.79 Å². The molecule has 4 heteroatoms. The minimum absolute atomic E-state index is 0.0688. The molecule has 1 atom stereocenters. The van der Waals surface area contributed by atoms with Gasteiger partial charge < -0.3 is 15.2 Å². The molecule has 17 heavy (non-hydrogen) atoms. The highest BCUT2D eigenvalue weighted by atomic mass is 16.2. The Kier molecular flexibility index (Phi) is 1.62. The Labute approximate surface area is 98.6 Å². The highest BCUT2D eigenvalue weighted by molar-refractivity contribution is 5.86. The van der Waals surface area contributed by atoms with Crippen molar-refractivity contribution in [1.82, 2.24) is 15.2 Å². The van der Waals surface area contributed by atoms with Gasteiger partial charge in [0.25, 0.3) is 0 Å². The molecule has 0 saturated carbocycles. The van der Waals surface area contributed by atoms with Gasteiger partial charge in [0.15, 0.2) is 0 Å². The van der Waals surface area contributed by atoms with Crippen LogP contribution in [0.2, 0.25) is 0 Å². The van der Waals surface area contributed by atoms with Crippen molar-refractivity contribution in [1.29, 1.82) is 0 Å². The number of nitrogens with one attached hydrogen (secondary N) is 2. The largest absolute Gasteiger partial charge is 0.356 e. The van der Waals surface area contributed by atoms with E-state index in [4.69, 9.17) is 0 Å². The van der Waals surface area contributed by atoms with E-state index in [0.29, 0.717) is 0 Å². The molecule has 2 aliphatic heterocycles. The summed E-state index contributed by atoms with van der Waals surface area (Å²) in [4.78, 5) is 17.0. The molecule has 4 nitrogen and oxygen atoms in total. The predicted octanol–water partition coefficient (Wildman–Crippen LogP) is 1.79. The second-order valence-electron chi connectivity index (χ2n) is 4.71. The van der Waals surface area contributed by atoms with E-state index in [1.54, 1.807) is 0 Å². The summed E-state index contributed by atoms with van der Waals surface area (Å²) in [5, 5.41) is 4.22. The molecule has 2 N–H and O–H groups in total. The van der Waals surface area contributed by atoms with Gasteiger partial charge in [0.2, 0.25) is 0 Å². The fourth-order valence-corrected chi connectivity index (χ4v) is 3.06. The van der Waals surface area contributed by atoms with Crippen molar-refractivity contribution in [2.45, 2.75) is 12.5 Å². The van der Waals surface area contributed by atoms with Crippen molar-refractivity contribution in [2.75, 3.05) is 13.1 Å².